The van der Waals surface area contributed by atoms with E-state index >= 15 is 0 Å². The lowest BCUT2D eigenvalue weighted by atomic mass is 9.85. The van der Waals surface area contributed by atoms with Crippen molar-refractivity contribution in [3.8, 4) is 0 Å². The van der Waals surface area contributed by atoms with E-state index in [2.05, 4.69) is 15.5 Å². The van der Waals surface area contributed by atoms with Gasteiger partial charge in [-0.1, -0.05) is 0 Å². The maximum absolute atomic E-state index is 14.6. The number of ether oxygens (including phenoxy) is 2. The van der Waals surface area contributed by atoms with Crippen molar-refractivity contribution in [3.05, 3.63) is 52.9 Å². The fourth-order valence-electron chi connectivity index (χ4n) is 4.43. The van der Waals surface area contributed by atoms with Crippen LogP contribution in [0.1, 0.15) is 50.1 Å². The summed E-state index contributed by atoms with van der Waals surface area (Å²) in [6.07, 6.45) is -6.80. The van der Waals surface area contributed by atoms with Gasteiger partial charge in [0.15, 0.2) is 19.2 Å². The highest BCUT2D eigenvalue weighted by Gasteiger charge is 2.53. The molecule has 35 heavy (non-hydrogen) atoms. The number of fused-ring (bicyclic) bond motifs is 1. The zero-order valence-corrected chi connectivity index (χ0v) is 19.3. The zero-order chi connectivity index (χ0) is 25.5. The van der Waals surface area contributed by atoms with Gasteiger partial charge in [0.2, 0.25) is 0 Å². The number of nitrogens with zero attached hydrogens (tertiary/aromatic N) is 2. The summed E-state index contributed by atoms with van der Waals surface area (Å²) in [5.74, 6) is -2.99. The van der Waals surface area contributed by atoms with Crippen molar-refractivity contribution >= 4 is 12.3 Å². The van der Waals surface area contributed by atoms with Crippen LogP contribution in [0.25, 0.3) is 0 Å². The van der Waals surface area contributed by atoms with E-state index in [-0.39, 0.29) is 6.42 Å². The molecule has 12 heteroatoms. The van der Waals surface area contributed by atoms with Gasteiger partial charge >= 0.3 is 12.3 Å². The van der Waals surface area contributed by atoms with E-state index in [1.165, 1.54) is 6.21 Å². The largest absolute Gasteiger partial charge is 0.444 e. The summed E-state index contributed by atoms with van der Waals surface area (Å²) in [4.78, 5) is 12.5. The summed E-state index contributed by atoms with van der Waals surface area (Å²) in [5.41, 5.74) is 0.366. The lowest BCUT2D eigenvalue weighted by molar-refractivity contribution is -0.547. The van der Waals surface area contributed by atoms with E-state index in [0.29, 0.717) is 13.1 Å². The number of hydrogen-bond acceptors (Lipinski definition) is 4. The van der Waals surface area contributed by atoms with Gasteiger partial charge in [-0.25, -0.2) is 18.2 Å². The molecule has 0 radical (unpaired) electrons. The highest BCUT2D eigenvalue weighted by Crippen LogP contribution is 2.42. The SMILES string of the molecule is CC(C)(C)OC(=O)N[C@H]1CC(C=[N+]2Cc3cn[nH]c3C2)[C@H](C(F)(F)F)O[C@@H]1c1cc(F)ccc1F. The van der Waals surface area contributed by atoms with Crippen molar-refractivity contribution in [2.45, 2.75) is 70.3 Å². The highest BCUT2D eigenvalue weighted by atomic mass is 19.4. The second-order valence-electron chi connectivity index (χ2n) is 9.76. The molecule has 0 aliphatic carbocycles. The molecule has 3 heterocycles. The number of aromatic nitrogens is 2. The molecule has 1 aromatic carbocycles. The molecule has 0 bridgehead atoms. The zero-order valence-electron chi connectivity index (χ0n) is 19.3. The van der Waals surface area contributed by atoms with Crippen LogP contribution in [0.15, 0.2) is 24.4 Å². The predicted molar refractivity (Wildman–Crippen MR) is 114 cm³/mol. The molecule has 2 aliphatic heterocycles. The third kappa shape index (κ3) is 5.80. The number of nitrogens with one attached hydrogen (secondary N) is 2. The van der Waals surface area contributed by atoms with Crippen LogP contribution in [0.2, 0.25) is 0 Å². The van der Waals surface area contributed by atoms with Gasteiger partial charge in [-0.05, 0) is 45.4 Å². The van der Waals surface area contributed by atoms with E-state index in [1.807, 2.05) is 0 Å². The molecule has 4 rings (SSSR count). The molecular weight excluding hydrogens is 475 g/mol. The molecule has 1 fully saturated rings. The summed E-state index contributed by atoms with van der Waals surface area (Å²) >= 11 is 0. The molecule has 1 aromatic heterocycles. The first-order chi connectivity index (χ1) is 16.3. The van der Waals surface area contributed by atoms with Crippen LogP contribution in [-0.2, 0) is 22.6 Å². The Labute approximate surface area is 198 Å². The summed E-state index contributed by atoms with van der Waals surface area (Å²) in [6, 6.07) is 1.32. The molecule has 7 nitrogen and oxygen atoms in total. The number of hydrogen-bond donors (Lipinski definition) is 2. The minimum Gasteiger partial charge on any atom is -0.444 e. The average molecular weight is 501 g/mol. The van der Waals surface area contributed by atoms with E-state index in [4.69, 9.17) is 9.47 Å². The topological polar surface area (TPSA) is 79.2 Å². The Hall–Kier alpha value is -3.02. The first kappa shape index (κ1) is 25.1. The minimum absolute atomic E-state index is 0.243. The van der Waals surface area contributed by atoms with Gasteiger partial charge in [0.25, 0.3) is 0 Å². The Kier molecular flexibility index (Phi) is 6.60. The van der Waals surface area contributed by atoms with Crippen molar-refractivity contribution in [2.24, 2.45) is 5.92 Å². The number of rotatable bonds is 3. The Morgan fingerprint density at radius 3 is 2.66 bits per heavy atom. The van der Waals surface area contributed by atoms with Gasteiger partial charge in [0.05, 0.1) is 23.7 Å². The molecule has 1 saturated heterocycles. The quantitative estimate of drug-likeness (QED) is 0.483. The number of carbonyl (C=O) groups is 1. The Morgan fingerprint density at radius 2 is 2.00 bits per heavy atom. The number of halogens is 5. The third-order valence-corrected chi connectivity index (χ3v) is 5.81. The molecule has 1 unspecified atom stereocenters. The van der Waals surface area contributed by atoms with Crippen molar-refractivity contribution in [1.29, 1.82) is 0 Å². The normalized spacial score (nSPS) is 26.0. The summed E-state index contributed by atoms with van der Waals surface area (Å²) in [6.45, 7) is 5.57. The Bertz CT molecular complexity index is 1100. The van der Waals surface area contributed by atoms with E-state index in [1.54, 1.807) is 31.5 Å². The van der Waals surface area contributed by atoms with Crippen molar-refractivity contribution < 1.29 is 40.8 Å². The van der Waals surface area contributed by atoms with Crippen LogP contribution < -0.4 is 5.32 Å². The van der Waals surface area contributed by atoms with Gasteiger partial charge in [0.1, 0.15) is 35.2 Å². The number of alkyl halides is 3. The van der Waals surface area contributed by atoms with Crippen molar-refractivity contribution in [2.75, 3.05) is 0 Å². The number of aromatic amines is 1. The van der Waals surface area contributed by atoms with Crippen LogP contribution in [0.4, 0.5) is 26.7 Å². The average Bonchev–Trinajstić information content (AvgIpc) is 3.29. The van der Waals surface area contributed by atoms with Crippen molar-refractivity contribution in [1.82, 2.24) is 15.5 Å². The lowest BCUT2D eigenvalue weighted by Gasteiger charge is -2.41. The fourth-order valence-corrected chi connectivity index (χ4v) is 4.43. The third-order valence-electron chi connectivity index (χ3n) is 5.81. The van der Waals surface area contributed by atoms with Crippen LogP contribution >= 0.6 is 0 Å². The molecule has 190 valence electrons. The minimum atomic E-state index is -4.80. The van der Waals surface area contributed by atoms with Gasteiger partial charge in [-0.15, -0.1) is 0 Å². The maximum atomic E-state index is 14.6. The maximum Gasteiger partial charge on any atom is 0.415 e. The molecule has 4 atom stereocenters. The molecule has 2 aliphatic rings. The molecule has 0 saturated carbocycles. The standard InChI is InChI=1S/C23H25F5N4O3/c1-22(2,3)35-21(33)30-17-6-12(9-32-10-13-8-29-31-18(13)11-32)20(23(26,27)28)34-19(17)15-7-14(24)4-5-16(15)25/h4-5,7-9,12,17,19-20H,6,10-11H2,1-3H3,(H-,29,30,31,33)/p+1/t12?,17-,19+,20+/m0/s1. The predicted octanol–water partition coefficient (Wildman–Crippen LogP) is 4.39. The second-order valence-corrected chi connectivity index (χ2v) is 9.76. The number of benzene rings is 1. The highest BCUT2D eigenvalue weighted by molar-refractivity contribution is 5.68. The van der Waals surface area contributed by atoms with Gasteiger partial charge in [-0.3, -0.25) is 5.10 Å². The lowest BCUT2D eigenvalue weighted by Crippen LogP contribution is -2.54. The molecular formula is C23H26F5N4O3+. The Balaban J connectivity index is 1.67. The summed E-state index contributed by atoms with van der Waals surface area (Å²) < 4.78 is 83.1. The first-order valence-corrected chi connectivity index (χ1v) is 11.1. The molecule has 2 N–H and O–H groups in total. The van der Waals surface area contributed by atoms with E-state index in [9.17, 15) is 26.7 Å². The first-order valence-electron chi connectivity index (χ1n) is 11.1. The number of carbonyl (C=O) groups excluding carboxylic acids is 1. The number of alkyl carbamates (subject to hydrolysis) is 1. The van der Waals surface area contributed by atoms with Crippen LogP contribution in [0.5, 0.6) is 0 Å². The molecule has 1 amide bonds. The van der Waals surface area contributed by atoms with E-state index < -0.39 is 59.2 Å². The van der Waals surface area contributed by atoms with Gasteiger partial charge in [-0.2, -0.15) is 18.3 Å². The summed E-state index contributed by atoms with van der Waals surface area (Å²) in [5, 5.41) is 9.23. The second kappa shape index (κ2) is 9.21. The molecule has 0 spiro atoms. The smallest absolute Gasteiger partial charge is 0.415 e. The molecule has 2 aromatic rings. The monoisotopic (exact) mass is 501 g/mol. The van der Waals surface area contributed by atoms with E-state index in [0.717, 1.165) is 29.5 Å². The van der Waals surface area contributed by atoms with Gasteiger partial charge in [0, 0.05) is 5.56 Å². The number of amides is 1. The van der Waals surface area contributed by atoms with Crippen molar-refractivity contribution in [3.63, 3.8) is 0 Å². The number of H-pyrrole nitrogens is 1. The van der Waals surface area contributed by atoms with Crippen LogP contribution in [0.3, 0.4) is 0 Å². The summed E-state index contributed by atoms with van der Waals surface area (Å²) in [7, 11) is 0. The fraction of sp³-hybridized carbons (Fsp3) is 0.522. The van der Waals surface area contributed by atoms with Crippen LogP contribution in [0, 0.1) is 17.6 Å². The Morgan fingerprint density at radius 1 is 1.26 bits per heavy atom. The van der Waals surface area contributed by atoms with Gasteiger partial charge < -0.3 is 14.8 Å². The van der Waals surface area contributed by atoms with Crippen LogP contribution in [-0.4, -0.2) is 51.0 Å².